The zero-order valence-electron chi connectivity index (χ0n) is 6.29. The number of aliphatic hydroxyl groups excluding tert-OH is 1. The fraction of sp³-hybridized carbons (Fsp3) is 0.250. The summed E-state index contributed by atoms with van der Waals surface area (Å²) in [5.41, 5.74) is 0. The van der Waals surface area contributed by atoms with Gasteiger partial charge in [0.25, 0.3) is 0 Å². The Morgan fingerprint density at radius 2 is 2.10 bits per heavy atom. The van der Waals surface area contributed by atoms with E-state index in [1.54, 1.807) is 19.1 Å². The van der Waals surface area contributed by atoms with Gasteiger partial charge >= 0.3 is 0 Å². The smallest absolute Gasteiger partial charge is 0.111 e. The monoisotopic (exact) mass is 140 g/mol. The maximum absolute atomic E-state index is 8.88. The van der Waals surface area contributed by atoms with Crippen LogP contribution >= 0.6 is 0 Å². The second-order valence-electron chi connectivity index (χ2n) is 1.72. The number of methoxy groups -OCH3 is 1. The Labute approximate surface area is 61.1 Å². The van der Waals surface area contributed by atoms with Crippen LogP contribution in [0.3, 0.4) is 0 Å². The van der Waals surface area contributed by atoms with Crippen molar-refractivity contribution >= 4 is 0 Å². The van der Waals surface area contributed by atoms with Crippen molar-refractivity contribution in [2.45, 2.75) is 6.92 Å². The molecule has 0 heterocycles. The van der Waals surface area contributed by atoms with Crippen LogP contribution < -0.4 is 0 Å². The van der Waals surface area contributed by atoms with Gasteiger partial charge in [-0.15, -0.1) is 0 Å². The van der Waals surface area contributed by atoms with Crippen molar-refractivity contribution in [1.29, 1.82) is 0 Å². The predicted molar refractivity (Wildman–Crippen MR) is 41.7 cm³/mol. The lowest BCUT2D eigenvalue weighted by molar-refractivity contribution is 0.308. The Morgan fingerprint density at radius 3 is 2.50 bits per heavy atom. The molecule has 0 unspecified atom stereocenters. The lowest BCUT2D eigenvalue weighted by Crippen LogP contribution is -1.78. The maximum Gasteiger partial charge on any atom is 0.111 e. The maximum atomic E-state index is 8.88. The number of hydrogen-bond donors (Lipinski definition) is 1. The third-order valence-corrected chi connectivity index (χ3v) is 0.998. The van der Waals surface area contributed by atoms with Gasteiger partial charge in [-0.3, -0.25) is 0 Å². The normalized spacial score (nSPS) is 12.0. The van der Waals surface area contributed by atoms with E-state index in [1.165, 1.54) is 13.2 Å². The molecule has 0 spiro atoms. The molecule has 0 bridgehead atoms. The van der Waals surface area contributed by atoms with Gasteiger partial charge < -0.3 is 9.84 Å². The van der Waals surface area contributed by atoms with E-state index in [2.05, 4.69) is 6.58 Å². The van der Waals surface area contributed by atoms with Gasteiger partial charge in [0, 0.05) is 0 Å². The fourth-order valence-corrected chi connectivity index (χ4v) is 0.343. The van der Waals surface area contributed by atoms with Gasteiger partial charge in [0.15, 0.2) is 0 Å². The molecule has 0 aromatic rings. The van der Waals surface area contributed by atoms with Crippen molar-refractivity contribution in [3.8, 4) is 0 Å². The highest BCUT2D eigenvalue weighted by Crippen LogP contribution is 1.96. The third-order valence-electron chi connectivity index (χ3n) is 0.998. The van der Waals surface area contributed by atoms with Crippen LogP contribution in [0.2, 0.25) is 0 Å². The van der Waals surface area contributed by atoms with Crippen LogP contribution in [-0.4, -0.2) is 12.2 Å². The molecular weight excluding hydrogens is 128 g/mol. The first kappa shape index (κ1) is 8.82. The number of ether oxygens (including phenoxy) is 1. The number of hydrogen-bond acceptors (Lipinski definition) is 2. The molecule has 2 heteroatoms. The van der Waals surface area contributed by atoms with E-state index in [1.807, 2.05) is 0 Å². The van der Waals surface area contributed by atoms with Crippen LogP contribution in [0.4, 0.5) is 0 Å². The van der Waals surface area contributed by atoms with E-state index >= 15 is 0 Å². The van der Waals surface area contributed by atoms with Crippen LogP contribution in [0, 0.1) is 0 Å². The summed E-state index contributed by atoms with van der Waals surface area (Å²) in [4.78, 5) is 0. The van der Waals surface area contributed by atoms with E-state index in [9.17, 15) is 0 Å². The molecule has 10 heavy (non-hydrogen) atoms. The summed E-state index contributed by atoms with van der Waals surface area (Å²) in [6, 6.07) is 0. The topological polar surface area (TPSA) is 29.5 Å². The molecule has 0 aliphatic rings. The van der Waals surface area contributed by atoms with Crippen molar-refractivity contribution in [2.75, 3.05) is 7.11 Å². The molecule has 0 aromatic carbocycles. The van der Waals surface area contributed by atoms with Gasteiger partial charge in [0.05, 0.1) is 7.11 Å². The highest BCUT2D eigenvalue weighted by Gasteiger charge is 1.83. The van der Waals surface area contributed by atoms with Gasteiger partial charge in [0.2, 0.25) is 0 Å². The fourth-order valence-electron chi connectivity index (χ4n) is 0.343. The van der Waals surface area contributed by atoms with Crippen molar-refractivity contribution in [2.24, 2.45) is 0 Å². The van der Waals surface area contributed by atoms with Crippen molar-refractivity contribution in [3.63, 3.8) is 0 Å². The molecule has 0 fully saturated rings. The van der Waals surface area contributed by atoms with E-state index in [4.69, 9.17) is 9.84 Å². The highest BCUT2D eigenvalue weighted by atomic mass is 16.5. The zero-order chi connectivity index (χ0) is 7.98. The Balaban J connectivity index is 3.88. The Hall–Kier alpha value is -1.18. The summed E-state index contributed by atoms with van der Waals surface area (Å²) in [7, 11) is 1.53. The molecule has 0 aromatic heterocycles. The van der Waals surface area contributed by atoms with Crippen LogP contribution in [0.5, 0.6) is 0 Å². The van der Waals surface area contributed by atoms with Crippen LogP contribution in [0.1, 0.15) is 6.92 Å². The Morgan fingerprint density at radius 1 is 1.50 bits per heavy atom. The number of rotatable bonds is 3. The first-order valence-electron chi connectivity index (χ1n) is 2.97. The van der Waals surface area contributed by atoms with E-state index < -0.39 is 0 Å². The minimum atomic E-state index is 0.207. The third kappa shape index (κ3) is 3.78. The summed E-state index contributed by atoms with van der Waals surface area (Å²) in [6.45, 7) is 5.28. The summed E-state index contributed by atoms with van der Waals surface area (Å²) >= 11 is 0. The molecule has 2 nitrogen and oxygen atoms in total. The minimum Gasteiger partial charge on any atom is -0.508 e. The van der Waals surface area contributed by atoms with E-state index in [0.717, 1.165) is 0 Å². The van der Waals surface area contributed by atoms with Gasteiger partial charge in [0.1, 0.15) is 11.5 Å². The van der Waals surface area contributed by atoms with Crippen LogP contribution in [0.25, 0.3) is 0 Å². The first-order chi connectivity index (χ1) is 4.70. The summed E-state index contributed by atoms with van der Waals surface area (Å²) < 4.78 is 4.73. The second kappa shape index (κ2) is 4.68. The van der Waals surface area contributed by atoms with Crippen LogP contribution in [-0.2, 0) is 4.74 Å². The molecule has 0 rings (SSSR count). The first-order valence-corrected chi connectivity index (χ1v) is 2.97. The largest absolute Gasteiger partial charge is 0.508 e. The molecule has 0 saturated heterocycles. The number of aliphatic hydroxyl groups is 1. The zero-order valence-corrected chi connectivity index (χ0v) is 6.29. The lowest BCUT2D eigenvalue weighted by Gasteiger charge is -1.94. The molecule has 1 N–H and O–H groups in total. The Kier molecular flexibility index (Phi) is 4.12. The van der Waals surface area contributed by atoms with Gasteiger partial charge in [-0.05, 0) is 25.2 Å². The van der Waals surface area contributed by atoms with Gasteiger partial charge in [-0.25, -0.2) is 0 Å². The molecule has 0 radical (unpaired) electrons. The average molecular weight is 140 g/mol. The summed E-state index contributed by atoms with van der Waals surface area (Å²) in [5.74, 6) is 0.728. The predicted octanol–water partition coefficient (Wildman–Crippen LogP) is 2.16. The molecular formula is C8H12O2. The molecule has 56 valence electrons. The van der Waals surface area contributed by atoms with E-state index in [0.29, 0.717) is 5.76 Å². The van der Waals surface area contributed by atoms with Gasteiger partial charge in [-0.1, -0.05) is 6.58 Å². The lowest BCUT2D eigenvalue weighted by atomic mass is 10.4. The van der Waals surface area contributed by atoms with Crippen molar-refractivity contribution < 1.29 is 9.84 Å². The molecule has 0 saturated carbocycles. The van der Waals surface area contributed by atoms with Crippen molar-refractivity contribution in [3.05, 3.63) is 36.3 Å². The second-order valence-corrected chi connectivity index (χ2v) is 1.72. The average Bonchev–Trinajstić information content (AvgIpc) is 1.99. The standard InChI is InChI=1S/C8H12O2/c1-4-8(9)6-5-7(2)10-3/h4-6,9H,2H2,1,3H3/b6-5-,8-4+. The molecule has 0 amide bonds. The van der Waals surface area contributed by atoms with Crippen LogP contribution in [0.15, 0.2) is 36.3 Å². The quantitative estimate of drug-likeness (QED) is 0.481. The Bertz CT molecular complexity index is 166. The SMILES string of the molecule is C=C(/C=C\C(O)=C/C)OC. The van der Waals surface area contributed by atoms with E-state index in [-0.39, 0.29) is 5.76 Å². The summed E-state index contributed by atoms with van der Waals surface area (Å²) in [6.07, 6.45) is 4.70. The molecule has 0 aliphatic heterocycles. The minimum absolute atomic E-state index is 0.207. The number of allylic oxidation sites excluding steroid dienone is 3. The summed E-state index contributed by atoms with van der Waals surface area (Å²) in [5, 5.41) is 8.88. The highest BCUT2D eigenvalue weighted by molar-refractivity contribution is 5.17. The molecule has 0 atom stereocenters. The van der Waals surface area contributed by atoms with Gasteiger partial charge in [-0.2, -0.15) is 0 Å². The van der Waals surface area contributed by atoms with Crippen molar-refractivity contribution in [1.82, 2.24) is 0 Å². The molecule has 0 aliphatic carbocycles.